The van der Waals surface area contributed by atoms with Crippen LogP contribution < -0.4 is 5.32 Å². The lowest BCUT2D eigenvalue weighted by atomic mass is 9.98. The quantitative estimate of drug-likeness (QED) is 0.793. The van der Waals surface area contributed by atoms with E-state index in [0.717, 1.165) is 5.92 Å². The summed E-state index contributed by atoms with van der Waals surface area (Å²) in [4.78, 5) is 2.70. The van der Waals surface area contributed by atoms with Gasteiger partial charge in [0.15, 0.2) is 0 Å². The van der Waals surface area contributed by atoms with Gasteiger partial charge in [-0.25, -0.2) is 0 Å². The standard InChI is InChI=1S/C14H28N2/c1-3-13-6-4-10-16(11-7-13)12-14(2)8-5-9-15-14/h13,15H,3-12H2,1-2H3. The van der Waals surface area contributed by atoms with Crippen LogP contribution in [0.5, 0.6) is 0 Å². The molecule has 0 radical (unpaired) electrons. The van der Waals surface area contributed by atoms with Crippen LogP contribution in [0.25, 0.3) is 0 Å². The Bertz CT molecular complexity index is 209. The largest absolute Gasteiger partial charge is 0.310 e. The highest BCUT2D eigenvalue weighted by atomic mass is 15.2. The van der Waals surface area contributed by atoms with Gasteiger partial charge in [-0.15, -0.1) is 0 Å². The first-order chi connectivity index (χ1) is 7.72. The van der Waals surface area contributed by atoms with Crippen LogP contribution in [-0.2, 0) is 0 Å². The molecule has 0 aromatic heterocycles. The lowest BCUT2D eigenvalue weighted by Crippen LogP contribution is -2.47. The van der Waals surface area contributed by atoms with Crippen LogP contribution in [0.15, 0.2) is 0 Å². The predicted octanol–water partition coefficient (Wildman–Crippen LogP) is 2.64. The first-order valence-corrected chi connectivity index (χ1v) is 7.19. The fraction of sp³-hybridized carbons (Fsp3) is 1.00. The molecule has 0 amide bonds. The fourth-order valence-corrected chi connectivity index (χ4v) is 3.38. The molecule has 0 aliphatic carbocycles. The van der Waals surface area contributed by atoms with E-state index in [1.807, 2.05) is 0 Å². The highest BCUT2D eigenvalue weighted by Crippen LogP contribution is 2.24. The van der Waals surface area contributed by atoms with Crippen molar-refractivity contribution in [2.75, 3.05) is 26.2 Å². The molecule has 0 aromatic rings. The van der Waals surface area contributed by atoms with Gasteiger partial charge in [0.05, 0.1) is 0 Å². The number of hydrogen-bond acceptors (Lipinski definition) is 2. The molecule has 2 aliphatic rings. The van der Waals surface area contributed by atoms with Crippen LogP contribution in [0.4, 0.5) is 0 Å². The zero-order chi connectivity index (χ0) is 11.4. The van der Waals surface area contributed by atoms with Crippen LogP contribution in [0, 0.1) is 5.92 Å². The molecule has 2 aliphatic heterocycles. The molecule has 2 fully saturated rings. The van der Waals surface area contributed by atoms with Crippen LogP contribution >= 0.6 is 0 Å². The van der Waals surface area contributed by atoms with Gasteiger partial charge in [-0.1, -0.05) is 13.3 Å². The SMILES string of the molecule is CCC1CCCN(CC2(C)CCCN2)CC1. The number of nitrogens with zero attached hydrogens (tertiary/aromatic N) is 1. The van der Waals surface area contributed by atoms with Crippen LogP contribution in [0.1, 0.15) is 52.4 Å². The average molecular weight is 224 g/mol. The third-order valence-electron chi connectivity index (χ3n) is 4.55. The maximum absolute atomic E-state index is 3.68. The summed E-state index contributed by atoms with van der Waals surface area (Å²) in [5.74, 6) is 0.995. The molecule has 2 atom stereocenters. The van der Waals surface area contributed by atoms with Crippen LogP contribution in [0.2, 0.25) is 0 Å². The molecule has 2 heterocycles. The molecule has 0 aromatic carbocycles. The summed E-state index contributed by atoms with van der Waals surface area (Å²) in [6.07, 6.45) is 8.39. The molecule has 2 rings (SSSR count). The Morgan fingerprint density at radius 1 is 1.25 bits per heavy atom. The third-order valence-corrected chi connectivity index (χ3v) is 4.55. The molecule has 16 heavy (non-hydrogen) atoms. The molecule has 94 valence electrons. The second-order valence-electron chi connectivity index (χ2n) is 6.07. The lowest BCUT2D eigenvalue weighted by Gasteiger charge is -2.32. The molecule has 2 nitrogen and oxygen atoms in total. The number of nitrogens with one attached hydrogen (secondary N) is 1. The Morgan fingerprint density at radius 3 is 2.81 bits per heavy atom. The van der Waals surface area contributed by atoms with Gasteiger partial charge in [-0.2, -0.15) is 0 Å². The Labute approximate surface area is 101 Å². The molecule has 0 spiro atoms. The van der Waals surface area contributed by atoms with Crippen molar-refractivity contribution in [2.24, 2.45) is 5.92 Å². The van der Waals surface area contributed by atoms with Gasteiger partial charge in [0.1, 0.15) is 0 Å². The van der Waals surface area contributed by atoms with Crippen LogP contribution in [-0.4, -0.2) is 36.6 Å². The third kappa shape index (κ3) is 3.21. The maximum atomic E-state index is 3.68. The van der Waals surface area contributed by atoms with Crippen molar-refractivity contribution in [1.29, 1.82) is 0 Å². The van der Waals surface area contributed by atoms with E-state index >= 15 is 0 Å². The molecule has 0 saturated carbocycles. The summed E-state index contributed by atoms with van der Waals surface area (Å²) < 4.78 is 0. The normalized spacial score (nSPS) is 37.5. The van der Waals surface area contributed by atoms with Crippen molar-refractivity contribution in [3.8, 4) is 0 Å². The van der Waals surface area contributed by atoms with Crippen molar-refractivity contribution >= 4 is 0 Å². The second-order valence-corrected chi connectivity index (χ2v) is 6.07. The maximum Gasteiger partial charge on any atom is 0.0280 e. The summed E-state index contributed by atoms with van der Waals surface area (Å²) in [5.41, 5.74) is 0.409. The van der Waals surface area contributed by atoms with E-state index in [9.17, 15) is 0 Å². The number of rotatable bonds is 3. The minimum atomic E-state index is 0.409. The Morgan fingerprint density at radius 2 is 2.12 bits per heavy atom. The highest BCUT2D eigenvalue weighted by molar-refractivity contribution is 4.91. The van der Waals surface area contributed by atoms with Crippen molar-refractivity contribution in [1.82, 2.24) is 10.2 Å². The minimum absolute atomic E-state index is 0.409. The van der Waals surface area contributed by atoms with Gasteiger partial charge in [-0.05, 0) is 64.6 Å². The van der Waals surface area contributed by atoms with Crippen molar-refractivity contribution in [3.05, 3.63) is 0 Å². The van der Waals surface area contributed by atoms with E-state index in [2.05, 4.69) is 24.1 Å². The summed E-state index contributed by atoms with van der Waals surface area (Å²) in [7, 11) is 0. The minimum Gasteiger partial charge on any atom is -0.310 e. The smallest absolute Gasteiger partial charge is 0.0280 e. The van der Waals surface area contributed by atoms with Gasteiger partial charge in [-0.3, -0.25) is 0 Å². The zero-order valence-electron chi connectivity index (χ0n) is 11.1. The van der Waals surface area contributed by atoms with E-state index in [1.54, 1.807) is 0 Å². The molecular formula is C14H28N2. The summed E-state index contributed by atoms with van der Waals surface area (Å²) >= 11 is 0. The lowest BCUT2D eigenvalue weighted by molar-refractivity contribution is 0.207. The molecular weight excluding hydrogens is 196 g/mol. The first-order valence-electron chi connectivity index (χ1n) is 7.19. The Balaban J connectivity index is 1.81. The monoisotopic (exact) mass is 224 g/mol. The van der Waals surface area contributed by atoms with Gasteiger partial charge in [0.2, 0.25) is 0 Å². The van der Waals surface area contributed by atoms with Gasteiger partial charge >= 0.3 is 0 Å². The van der Waals surface area contributed by atoms with Crippen molar-refractivity contribution < 1.29 is 0 Å². The second kappa shape index (κ2) is 5.50. The number of hydrogen-bond donors (Lipinski definition) is 1. The van der Waals surface area contributed by atoms with E-state index in [4.69, 9.17) is 0 Å². The molecule has 2 heteroatoms. The fourth-order valence-electron chi connectivity index (χ4n) is 3.38. The molecule has 1 N–H and O–H groups in total. The van der Waals surface area contributed by atoms with E-state index in [-0.39, 0.29) is 0 Å². The van der Waals surface area contributed by atoms with Crippen molar-refractivity contribution in [2.45, 2.75) is 57.9 Å². The molecule has 2 unspecified atom stereocenters. The van der Waals surface area contributed by atoms with E-state index in [1.165, 1.54) is 64.7 Å². The molecule has 0 bridgehead atoms. The summed E-state index contributed by atoms with van der Waals surface area (Å²) in [6, 6.07) is 0. The van der Waals surface area contributed by atoms with Crippen LogP contribution in [0.3, 0.4) is 0 Å². The van der Waals surface area contributed by atoms with E-state index < -0.39 is 0 Å². The van der Waals surface area contributed by atoms with E-state index in [0.29, 0.717) is 5.54 Å². The zero-order valence-corrected chi connectivity index (χ0v) is 11.1. The van der Waals surface area contributed by atoms with Gasteiger partial charge in [0.25, 0.3) is 0 Å². The summed E-state index contributed by atoms with van der Waals surface area (Å²) in [6.45, 7) is 9.90. The molecule has 2 saturated heterocycles. The number of likely N-dealkylation sites (tertiary alicyclic amines) is 1. The Kier molecular flexibility index (Phi) is 4.26. The summed E-state index contributed by atoms with van der Waals surface area (Å²) in [5, 5.41) is 3.68. The first kappa shape index (κ1) is 12.4. The topological polar surface area (TPSA) is 15.3 Å². The van der Waals surface area contributed by atoms with Crippen molar-refractivity contribution in [3.63, 3.8) is 0 Å². The van der Waals surface area contributed by atoms with Gasteiger partial charge < -0.3 is 10.2 Å². The van der Waals surface area contributed by atoms with Gasteiger partial charge in [0, 0.05) is 12.1 Å². The Hall–Kier alpha value is -0.0800. The average Bonchev–Trinajstić information content (AvgIpc) is 2.57. The predicted molar refractivity (Wildman–Crippen MR) is 69.7 cm³/mol. The highest BCUT2D eigenvalue weighted by Gasteiger charge is 2.30.